The molecule has 6 nitrogen and oxygen atoms in total. The van der Waals surface area contributed by atoms with Gasteiger partial charge in [-0.05, 0) is 30.7 Å². The number of carbonyl (C=O) groups excluding carboxylic acids is 1. The van der Waals surface area contributed by atoms with Gasteiger partial charge in [-0.1, -0.05) is 6.92 Å². The minimum atomic E-state index is -1.11. The summed E-state index contributed by atoms with van der Waals surface area (Å²) in [5, 5.41) is 11.3. The molecular formula is C14H19NO5. The summed E-state index contributed by atoms with van der Waals surface area (Å²) in [5.74, 6) is -0.768. The number of ether oxygens (including phenoxy) is 2. The van der Waals surface area contributed by atoms with Gasteiger partial charge in [0.1, 0.15) is 5.75 Å². The highest BCUT2D eigenvalue weighted by Crippen LogP contribution is 2.12. The molecule has 0 aliphatic heterocycles. The van der Waals surface area contributed by atoms with E-state index in [2.05, 4.69) is 5.32 Å². The molecular weight excluding hydrogens is 262 g/mol. The number of hydrogen-bond acceptors (Lipinski definition) is 4. The summed E-state index contributed by atoms with van der Waals surface area (Å²) in [7, 11) is 1.28. The van der Waals surface area contributed by atoms with E-state index in [1.807, 2.05) is 6.92 Å². The molecule has 0 heterocycles. The number of aliphatic carboxylic acids is 1. The van der Waals surface area contributed by atoms with E-state index < -0.39 is 12.1 Å². The lowest BCUT2D eigenvalue weighted by atomic mass is 10.2. The van der Waals surface area contributed by atoms with Crippen LogP contribution in [0.2, 0.25) is 0 Å². The van der Waals surface area contributed by atoms with Crippen LogP contribution in [0.4, 0.5) is 0 Å². The molecule has 0 aromatic heterocycles. The monoisotopic (exact) mass is 281 g/mol. The van der Waals surface area contributed by atoms with Crippen molar-refractivity contribution in [2.24, 2.45) is 0 Å². The molecule has 2 N–H and O–H groups in total. The zero-order valence-corrected chi connectivity index (χ0v) is 11.6. The van der Waals surface area contributed by atoms with Gasteiger partial charge in [-0.3, -0.25) is 4.79 Å². The zero-order valence-electron chi connectivity index (χ0n) is 11.6. The van der Waals surface area contributed by atoms with Crippen molar-refractivity contribution in [1.29, 1.82) is 0 Å². The number of hydrogen-bond donors (Lipinski definition) is 2. The molecule has 0 saturated heterocycles. The second-order valence-electron chi connectivity index (χ2n) is 4.15. The molecule has 0 spiro atoms. The second kappa shape index (κ2) is 8.16. The molecule has 0 bridgehead atoms. The third-order valence-electron chi connectivity index (χ3n) is 2.60. The maximum absolute atomic E-state index is 11.8. The summed E-state index contributed by atoms with van der Waals surface area (Å²) in [6, 6.07) is 6.66. The lowest BCUT2D eigenvalue weighted by Gasteiger charge is -2.11. The van der Waals surface area contributed by atoms with Crippen molar-refractivity contribution >= 4 is 11.9 Å². The van der Waals surface area contributed by atoms with Crippen LogP contribution < -0.4 is 10.1 Å². The summed E-state index contributed by atoms with van der Waals surface area (Å²) in [6.45, 7) is 2.55. The van der Waals surface area contributed by atoms with Crippen LogP contribution in [0.5, 0.6) is 5.75 Å². The largest absolute Gasteiger partial charge is 0.494 e. The number of carbonyl (C=O) groups is 2. The Labute approximate surface area is 117 Å². The first-order chi connectivity index (χ1) is 9.58. The van der Waals surface area contributed by atoms with Gasteiger partial charge in [-0.25, -0.2) is 4.79 Å². The summed E-state index contributed by atoms with van der Waals surface area (Å²) in [5.41, 5.74) is 0.439. The summed E-state index contributed by atoms with van der Waals surface area (Å²) < 4.78 is 10.1. The average Bonchev–Trinajstić information content (AvgIpc) is 2.45. The summed E-state index contributed by atoms with van der Waals surface area (Å²) in [4.78, 5) is 22.5. The topological polar surface area (TPSA) is 84.9 Å². The number of methoxy groups -OCH3 is 1. The lowest BCUT2D eigenvalue weighted by Crippen LogP contribution is -2.37. The third-order valence-corrected chi connectivity index (χ3v) is 2.60. The van der Waals surface area contributed by atoms with E-state index in [-0.39, 0.29) is 12.5 Å². The minimum Gasteiger partial charge on any atom is -0.494 e. The molecule has 1 amide bonds. The van der Waals surface area contributed by atoms with Crippen molar-refractivity contribution in [3.05, 3.63) is 29.8 Å². The van der Waals surface area contributed by atoms with E-state index in [0.29, 0.717) is 17.9 Å². The highest BCUT2D eigenvalue weighted by atomic mass is 16.5. The van der Waals surface area contributed by atoms with Crippen molar-refractivity contribution in [1.82, 2.24) is 5.32 Å². The first kappa shape index (κ1) is 16.0. The number of benzene rings is 1. The molecule has 1 rings (SSSR count). The Balaban J connectivity index is 2.53. The Bertz CT molecular complexity index is 443. The Morgan fingerprint density at radius 1 is 1.30 bits per heavy atom. The van der Waals surface area contributed by atoms with Crippen LogP contribution in [-0.2, 0) is 9.53 Å². The van der Waals surface area contributed by atoms with Crippen LogP contribution in [-0.4, -0.2) is 43.3 Å². The smallest absolute Gasteiger partial charge is 0.334 e. The minimum absolute atomic E-state index is 0.0846. The predicted molar refractivity (Wildman–Crippen MR) is 73.0 cm³/mol. The highest BCUT2D eigenvalue weighted by Gasteiger charge is 2.17. The number of carboxylic acid groups (broad SMARTS) is 1. The summed E-state index contributed by atoms with van der Waals surface area (Å²) >= 11 is 0. The molecule has 1 aromatic carbocycles. The first-order valence-corrected chi connectivity index (χ1v) is 6.35. The van der Waals surface area contributed by atoms with Gasteiger partial charge in [0.25, 0.3) is 5.91 Å². The molecule has 6 heteroatoms. The van der Waals surface area contributed by atoms with Crippen LogP contribution in [0.15, 0.2) is 24.3 Å². The van der Waals surface area contributed by atoms with E-state index in [0.717, 1.165) is 6.42 Å². The van der Waals surface area contributed by atoms with Crippen LogP contribution in [0.3, 0.4) is 0 Å². The number of carboxylic acids is 1. The van der Waals surface area contributed by atoms with E-state index in [1.54, 1.807) is 24.3 Å². The number of nitrogens with one attached hydrogen (secondary N) is 1. The highest BCUT2D eigenvalue weighted by molar-refractivity contribution is 5.94. The van der Waals surface area contributed by atoms with Gasteiger partial charge in [0.05, 0.1) is 13.2 Å². The van der Waals surface area contributed by atoms with Gasteiger partial charge in [-0.2, -0.15) is 0 Å². The second-order valence-corrected chi connectivity index (χ2v) is 4.15. The molecule has 1 aromatic rings. The average molecular weight is 281 g/mol. The molecule has 20 heavy (non-hydrogen) atoms. The van der Waals surface area contributed by atoms with Crippen LogP contribution in [0, 0.1) is 0 Å². The SMILES string of the molecule is CCCOc1ccc(C(=O)NCC(OC)C(=O)O)cc1. The summed E-state index contributed by atoms with van der Waals surface area (Å²) in [6.07, 6.45) is -0.137. The van der Waals surface area contributed by atoms with Crippen molar-refractivity contribution in [3.8, 4) is 5.75 Å². The van der Waals surface area contributed by atoms with Crippen LogP contribution >= 0.6 is 0 Å². The van der Waals surface area contributed by atoms with E-state index in [9.17, 15) is 9.59 Å². The van der Waals surface area contributed by atoms with Gasteiger partial charge < -0.3 is 19.9 Å². The number of rotatable bonds is 8. The molecule has 0 aliphatic carbocycles. The normalized spacial score (nSPS) is 11.7. The van der Waals surface area contributed by atoms with Gasteiger partial charge in [-0.15, -0.1) is 0 Å². The Morgan fingerprint density at radius 3 is 2.45 bits per heavy atom. The van der Waals surface area contributed by atoms with Gasteiger partial charge in [0.2, 0.25) is 0 Å². The molecule has 1 unspecified atom stereocenters. The molecule has 0 aliphatic rings. The molecule has 0 fully saturated rings. The van der Waals surface area contributed by atoms with E-state index >= 15 is 0 Å². The first-order valence-electron chi connectivity index (χ1n) is 6.35. The predicted octanol–water partition coefficient (Wildman–Crippen LogP) is 1.30. The van der Waals surface area contributed by atoms with Crippen molar-refractivity contribution in [2.75, 3.05) is 20.3 Å². The Hall–Kier alpha value is -2.08. The molecule has 0 radical (unpaired) electrons. The quantitative estimate of drug-likeness (QED) is 0.750. The fourth-order valence-electron chi connectivity index (χ4n) is 1.48. The zero-order chi connectivity index (χ0) is 15.0. The lowest BCUT2D eigenvalue weighted by molar-refractivity contribution is -0.148. The van der Waals surface area contributed by atoms with Crippen molar-refractivity contribution in [2.45, 2.75) is 19.4 Å². The molecule has 110 valence electrons. The maximum Gasteiger partial charge on any atom is 0.334 e. The van der Waals surface area contributed by atoms with Gasteiger partial charge >= 0.3 is 5.97 Å². The van der Waals surface area contributed by atoms with Gasteiger partial charge in [0.15, 0.2) is 6.10 Å². The van der Waals surface area contributed by atoms with E-state index in [4.69, 9.17) is 14.6 Å². The number of amides is 1. The maximum atomic E-state index is 11.8. The molecule has 1 atom stereocenters. The Kier molecular flexibility index (Phi) is 6.52. The molecule has 0 saturated carbocycles. The van der Waals surface area contributed by atoms with Crippen LogP contribution in [0.25, 0.3) is 0 Å². The third kappa shape index (κ3) is 4.89. The fraction of sp³-hybridized carbons (Fsp3) is 0.429. The van der Waals surface area contributed by atoms with Crippen molar-refractivity contribution < 1.29 is 24.2 Å². The standard InChI is InChI=1S/C14H19NO5/c1-3-8-20-11-6-4-10(5-7-11)13(16)15-9-12(19-2)14(17)18/h4-7,12H,3,8-9H2,1-2H3,(H,15,16)(H,17,18). The van der Waals surface area contributed by atoms with Crippen LogP contribution in [0.1, 0.15) is 23.7 Å². The van der Waals surface area contributed by atoms with E-state index in [1.165, 1.54) is 7.11 Å². The Morgan fingerprint density at radius 2 is 1.95 bits per heavy atom. The van der Waals surface area contributed by atoms with Gasteiger partial charge in [0, 0.05) is 12.7 Å². The fourth-order valence-corrected chi connectivity index (χ4v) is 1.48. The van der Waals surface area contributed by atoms with Crippen molar-refractivity contribution in [3.63, 3.8) is 0 Å².